The van der Waals surface area contributed by atoms with Crippen molar-refractivity contribution in [3.05, 3.63) is 52.9 Å². The zero-order chi connectivity index (χ0) is 19.6. The van der Waals surface area contributed by atoms with E-state index in [-0.39, 0.29) is 27.0 Å². The Morgan fingerprint density at radius 3 is 2.59 bits per heavy atom. The number of nitrogens with zero attached hydrogens (tertiary/aromatic N) is 1. The fourth-order valence-electron chi connectivity index (χ4n) is 3.47. The summed E-state index contributed by atoms with van der Waals surface area (Å²) >= 11 is 0. The maximum absolute atomic E-state index is 13.3. The van der Waals surface area contributed by atoms with Crippen molar-refractivity contribution in [3.8, 4) is 0 Å². The number of benzene rings is 1. The van der Waals surface area contributed by atoms with E-state index in [1.807, 2.05) is 6.92 Å². The van der Waals surface area contributed by atoms with Crippen molar-refractivity contribution in [1.82, 2.24) is 10.2 Å². The highest BCUT2D eigenvalue weighted by Crippen LogP contribution is 2.38. The zero-order valence-corrected chi connectivity index (χ0v) is 16.3. The third-order valence-electron chi connectivity index (χ3n) is 4.94. The van der Waals surface area contributed by atoms with Crippen LogP contribution < -0.4 is 0 Å². The van der Waals surface area contributed by atoms with Crippen LogP contribution in [0.2, 0.25) is 0 Å². The molecule has 1 aliphatic carbocycles. The van der Waals surface area contributed by atoms with E-state index in [0.717, 1.165) is 31.2 Å². The van der Waals surface area contributed by atoms with Gasteiger partial charge in [-0.3, -0.25) is 5.10 Å². The predicted molar refractivity (Wildman–Crippen MR) is 103 cm³/mol. The van der Waals surface area contributed by atoms with E-state index in [2.05, 4.69) is 17.1 Å². The number of aromatic carboxylic acids is 1. The molecule has 0 saturated heterocycles. The molecule has 1 unspecified atom stereocenters. The van der Waals surface area contributed by atoms with Gasteiger partial charge in [0.25, 0.3) is 0 Å². The van der Waals surface area contributed by atoms with Crippen molar-refractivity contribution in [2.75, 3.05) is 0 Å². The number of nitrogens with one attached hydrogen (secondary N) is 1. The number of hydrogen-bond donors (Lipinski definition) is 2. The molecule has 1 heterocycles. The van der Waals surface area contributed by atoms with Crippen molar-refractivity contribution < 1.29 is 18.3 Å². The van der Waals surface area contributed by atoms with Crippen LogP contribution in [0.5, 0.6) is 0 Å². The lowest BCUT2D eigenvalue weighted by molar-refractivity contribution is 0.0690. The molecule has 1 atom stereocenters. The summed E-state index contributed by atoms with van der Waals surface area (Å²) in [4.78, 5) is 11.8. The van der Waals surface area contributed by atoms with Gasteiger partial charge in [0.05, 0.1) is 9.80 Å². The zero-order valence-electron chi connectivity index (χ0n) is 15.5. The van der Waals surface area contributed by atoms with E-state index in [1.54, 1.807) is 30.3 Å². The molecule has 0 spiro atoms. The first kappa shape index (κ1) is 19.4. The molecular weight excluding hydrogens is 364 g/mol. The lowest BCUT2D eigenvalue weighted by Gasteiger charge is -2.21. The summed E-state index contributed by atoms with van der Waals surface area (Å²) in [5.74, 6) is -1.19. The Morgan fingerprint density at radius 2 is 1.96 bits per heavy atom. The molecule has 2 N–H and O–H groups in total. The first-order chi connectivity index (χ1) is 12.8. The van der Waals surface area contributed by atoms with Gasteiger partial charge in [0.2, 0.25) is 9.84 Å². The van der Waals surface area contributed by atoms with Crippen LogP contribution in [-0.4, -0.2) is 29.7 Å². The number of aromatic amines is 1. The van der Waals surface area contributed by atoms with Crippen LogP contribution in [0.3, 0.4) is 0 Å². The highest BCUT2D eigenvalue weighted by molar-refractivity contribution is 8.00. The third-order valence-corrected chi connectivity index (χ3v) is 6.75. The van der Waals surface area contributed by atoms with Gasteiger partial charge < -0.3 is 5.11 Å². The van der Waals surface area contributed by atoms with Crippen molar-refractivity contribution in [3.63, 3.8) is 0 Å². The normalized spacial score (nSPS) is 16.7. The number of carboxylic acids is 1. The minimum atomic E-state index is -3.84. The minimum Gasteiger partial charge on any atom is -0.476 e. The first-order valence-electron chi connectivity index (χ1n) is 9.19. The van der Waals surface area contributed by atoms with Gasteiger partial charge in [0, 0.05) is 11.3 Å². The van der Waals surface area contributed by atoms with Crippen LogP contribution >= 0.6 is 0 Å². The summed E-state index contributed by atoms with van der Waals surface area (Å²) in [7, 11) is -3.84. The molecule has 2 aromatic rings. The molecular formula is C20H24N2O4S. The highest BCUT2D eigenvalue weighted by Gasteiger charge is 2.35. The van der Waals surface area contributed by atoms with Crippen molar-refractivity contribution in [1.29, 1.82) is 0 Å². The van der Waals surface area contributed by atoms with Gasteiger partial charge >= 0.3 is 5.97 Å². The maximum Gasteiger partial charge on any atom is 0.357 e. The van der Waals surface area contributed by atoms with Gasteiger partial charge in [-0.25, -0.2) is 13.2 Å². The fraction of sp³-hybridized carbons (Fsp3) is 0.400. The molecule has 7 heteroatoms. The highest BCUT2D eigenvalue weighted by atomic mass is 32.2. The number of carboxylic acid groups (broad SMARTS) is 1. The van der Waals surface area contributed by atoms with Gasteiger partial charge in [-0.05, 0) is 37.8 Å². The van der Waals surface area contributed by atoms with Crippen LogP contribution in [-0.2, 0) is 16.3 Å². The smallest absolute Gasteiger partial charge is 0.357 e. The third kappa shape index (κ3) is 3.83. The van der Waals surface area contributed by atoms with Crippen LogP contribution in [0.25, 0.3) is 4.91 Å². The molecule has 0 radical (unpaired) electrons. The predicted octanol–water partition coefficient (Wildman–Crippen LogP) is 3.98. The Bertz CT molecular complexity index is 972. The Morgan fingerprint density at radius 1 is 1.26 bits per heavy atom. The van der Waals surface area contributed by atoms with Crippen molar-refractivity contribution in [2.24, 2.45) is 5.92 Å². The van der Waals surface area contributed by atoms with Crippen molar-refractivity contribution in [2.45, 2.75) is 50.8 Å². The number of aryl methyl sites for hydroxylation is 1. The van der Waals surface area contributed by atoms with E-state index in [0.29, 0.717) is 12.1 Å². The molecule has 0 fully saturated rings. The van der Waals surface area contributed by atoms with E-state index in [4.69, 9.17) is 0 Å². The minimum absolute atomic E-state index is 0.0429. The largest absolute Gasteiger partial charge is 0.476 e. The molecule has 0 bridgehead atoms. The van der Waals surface area contributed by atoms with Crippen molar-refractivity contribution >= 4 is 20.7 Å². The summed E-state index contributed by atoms with van der Waals surface area (Å²) in [5.41, 5.74) is 1.51. The number of H-pyrrole nitrogens is 1. The second-order valence-electron chi connectivity index (χ2n) is 7.04. The van der Waals surface area contributed by atoms with Gasteiger partial charge in [0.15, 0.2) is 5.69 Å². The summed E-state index contributed by atoms with van der Waals surface area (Å²) < 4.78 is 26.6. The molecule has 144 valence electrons. The van der Waals surface area contributed by atoms with E-state index in [9.17, 15) is 18.3 Å². The quantitative estimate of drug-likeness (QED) is 0.699. The maximum atomic E-state index is 13.3. The van der Waals surface area contributed by atoms with Gasteiger partial charge in [-0.2, -0.15) is 5.10 Å². The average Bonchev–Trinajstić information content (AvgIpc) is 3.05. The second kappa shape index (κ2) is 7.68. The Labute approximate surface area is 159 Å². The average molecular weight is 388 g/mol. The van der Waals surface area contributed by atoms with Crippen LogP contribution in [0.1, 0.15) is 59.9 Å². The molecule has 3 rings (SSSR count). The van der Waals surface area contributed by atoms with Gasteiger partial charge in [0.1, 0.15) is 0 Å². The lowest BCUT2D eigenvalue weighted by atomic mass is 9.89. The summed E-state index contributed by atoms with van der Waals surface area (Å²) in [6, 6.07) is 6.60. The molecule has 6 nitrogen and oxygen atoms in total. The van der Waals surface area contributed by atoms with E-state index in [1.165, 1.54) is 0 Å². The molecule has 1 aromatic heterocycles. The molecule has 0 aliphatic heterocycles. The van der Waals surface area contributed by atoms with E-state index < -0.39 is 15.8 Å². The van der Waals surface area contributed by atoms with E-state index >= 15 is 0 Å². The van der Waals surface area contributed by atoms with Crippen LogP contribution in [0.15, 0.2) is 35.2 Å². The molecule has 1 aromatic carbocycles. The SMILES string of the molecule is CCCCCC1C=C(S(=O)(=O)c2ccc(C)cc2)c2c(C(=O)O)n[nH]c2C1. The summed E-state index contributed by atoms with van der Waals surface area (Å²) in [6.07, 6.45) is 6.35. The topological polar surface area (TPSA) is 100 Å². The standard InChI is InChI=1S/C20H24N2O4S/c1-3-4-5-6-14-11-16-18(19(20(23)24)22-21-16)17(12-14)27(25,26)15-9-7-13(2)8-10-15/h7-10,12,14H,3-6,11H2,1-2H3,(H,21,22)(H,23,24). The Balaban J connectivity index is 2.09. The molecule has 0 saturated carbocycles. The number of carbonyl (C=O) groups is 1. The first-order valence-corrected chi connectivity index (χ1v) is 10.7. The lowest BCUT2D eigenvalue weighted by Crippen LogP contribution is -2.17. The monoisotopic (exact) mass is 388 g/mol. The number of allylic oxidation sites excluding steroid dienone is 1. The number of sulfone groups is 1. The van der Waals surface area contributed by atoms with Crippen LogP contribution in [0.4, 0.5) is 0 Å². The molecule has 1 aliphatic rings. The number of hydrogen-bond acceptors (Lipinski definition) is 4. The van der Waals surface area contributed by atoms with Gasteiger partial charge in [-0.1, -0.05) is 50.0 Å². The number of unbranched alkanes of at least 4 members (excludes halogenated alkanes) is 2. The number of rotatable bonds is 7. The summed E-state index contributed by atoms with van der Waals surface area (Å²) in [5, 5.41) is 16.1. The van der Waals surface area contributed by atoms with Gasteiger partial charge in [-0.15, -0.1) is 0 Å². The molecule has 0 amide bonds. The fourth-order valence-corrected chi connectivity index (χ4v) is 5.08. The second-order valence-corrected chi connectivity index (χ2v) is 8.96. The Hall–Kier alpha value is -2.41. The Kier molecular flexibility index (Phi) is 5.51. The summed E-state index contributed by atoms with van der Waals surface area (Å²) in [6.45, 7) is 4.01. The number of aromatic nitrogens is 2. The molecule has 27 heavy (non-hydrogen) atoms. The number of fused-ring (bicyclic) bond motifs is 1. The van der Waals surface area contributed by atoms with Crippen LogP contribution in [0, 0.1) is 12.8 Å².